The van der Waals surface area contributed by atoms with Crippen LogP contribution in [0.25, 0.3) is 21.5 Å². The molecule has 0 saturated carbocycles. The van der Waals surface area contributed by atoms with Crippen LogP contribution < -0.4 is 4.74 Å². The molecule has 1 unspecified atom stereocenters. The van der Waals surface area contributed by atoms with E-state index in [-0.39, 0.29) is 11.9 Å². The van der Waals surface area contributed by atoms with Crippen molar-refractivity contribution in [2.45, 2.75) is 31.5 Å². The molecule has 178 valence electrons. The van der Waals surface area contributed by atoms with Crippen LogP contribution in [0, 0.1) is 0 Å². The summed E-state index contributed by atoms with van der Waals surface area (Å²) in [6.07, 6.45) is 4.90. The molecule has 1 atom stereocenters. The number of benzene rings is 4. The zero-order valence-electron chi connectivity index (χ0n) is 19.1. The summed E-state index contributed by atoms with van der Waals surface area (Å²) in [6.45, 7) is 0.733. The third kappa shape index (κ3) is 5.04. The number of halogens is 3. The van der Waals surface area contributed by atoms with Gasteiger partial charge in [0.15, 0.2) is 0 Å². The molecule has 2 nitrogen and oxygen atoms in total. The fourth-order valence-corrected chi connectivity index (χ4v) is 4.76. The van der Waals surface area contributed by atoms with Crippen LogP contribution in [0.2, 0.25) is 0 Å². The average molecular weight is 475 g/mol. The Hall–Kier alpha value is -3.73. The van der Waals surface area contributed by atoms with Gasteiger partial charge in [0.05, 0.1) is 11.8 Å². The molecule has 0 spiro atoms. The molecule has 1 aliphatic carbocycles. The summed E-state index contributed by atoms with van der Waals surface area (Å²) in [7, 11) is 0. The Kier molecular flexibility index (Phi) is 6.49. The van der Waals surface area contributed by atoms with Gasteiger partial charge in [-0.15, -0.1) is 0 Å². The van der Waals surface area contributed by atoms with Gasteiger partial charge in [0.25, 0.3) is 0 Å². The maximum Gasteiger partial charge on any atom is 0.419 e. The van der Waals surface area contributed by atoms with E-state index in [2.05, 4.69) is 36.4 Å². The zero-order valence-corrected chi connectivity index (χ0v) is 19.1. The number of rotatable bonds is 2. The first kappa shape index (κ1) is 23.0. The predicted molar refractivity (Wildman–Crippen MR) is 134 cm³/mol. The number of aryl methyl sites for hydroxylation is 1. The van der Waals surface area contributed by atoms with Gasteiger partial charge in [-0.25, -0.2) is 0 Å². The second kappa shape index (κ2) is 9.87. The van der Waals surface area contributed by atoms with Crippen LogP contribution in [0.4, 0.5) is 13.2 Å². The van der Waals surface area contributed by atoms with Crippen LogP contribution in [-0.2, 0) is 23.8 Å². The summed E-state index contributed by atoms with van der Waals surface area (Å²) in [5.74, 6) is -0.0831. The van der Waals surface area contributed by atoms with Crippen LogP contribution in [0.15, 0.2) is 97.3 Å². The van der Waals surface area contributed by atoms with Crippen molar-refractivity contribution in [3.05, 3.63) is 114 Å². The van der Waals surface area contributed by atoms with Crippen molar-refractivity contribution in [1.82, 2.24) is 0 Å². The van der Waals surface area contributed by atoms with Gasteiger partial charge >= 0.3 is 6.18 Å². The second-order valence-corrected chi connectivity index (χ2v) is 8.65. The van der Waals surface area contributed by atoms with Gasteiger partial charge in [-0.2, -0.15) is 13.2 Å². The van der Waals surface area contributed by atoms with Crippen molar-refractivity contribution in [3.63, 3.8) is 0 Å². The molecule has 0 saturated heterocycles. The Morgan fingerprint density at radius 2 is 1.60 bits per heavy atom. The summed E-state index contributed by atoms with van der Waals surface area (Å²) in [5, 5.41) is 4.89. The molecule has 4 aromatic carbocycles. The number of fused-ring (bicyclic) bond motifs is 5. The van der Waals surface area contributed by atoms with E-state index in [1.165, 1.54) is 39.2 Å². The highest BCUT2D eigenvalue weighted by molar-refractivity contribution is 6.08. The van der Waals surface area contributed by atoms with Crippen molar-refractivity contribution in [2.24, 2.45) is 0 Å². The Bertz CT molecular complexity index is 1390. The Labute approximate surface area is 202 Å². The smallest absolute Gasteiger partial charge is 0.419 e. The van der Waals surface area contributed by atoms with Gasteiger partial charge < -0.3 is 9.47 Å². The van der Waals surface area contributed by atoms with Crippen LogP contribution in [-0.4, -0.2) is 12.7 Å². The first-order chi connectivity index (χ1) is 17.0. The molecule has 2 aliphatic rings. The monoisotopic (exact) mass is 474 g/mol. The largest absolute Gasteiger partial charge is 0.497 e. The van der Waals surface area contributed by atoms with E-state index < -0.39 is 11.7 Å². The minimum Gasteiger partial charge on any atom is -0.497 e. The van der Waals surface area contributed by atoms with Crippen LogP contribution >= 0.6 is 0 Å². The maximum absolute atomic E-state index is 13.3. The average Bonchev–Trinajstić information content (AvgIpc) is 2.89. The summed E-state index contributed by atoms with van der Waals surface area (Å²) >= 11 is 0. The molecule has 0 N–H and O–H groups in total. The molecule has 0 fully saturated rings. The summed E-state index contributed by atoms with van der Waals surface area (Å²) in [5.41, 5.74) is 1.74. The second-order valence-electron chi connectivity index (χ2n) is 8.65. The first-order valence-corrected chi connectivity index (χ1v) is 11.7. The van der Waals surface area contributed by atoms with Gasteiger partial charge in [-0.3, -0.25) is 0 Å². The van der Waals surface area contributed by atoms with Crippen molar-refractivity contribution in [2.75, 3.05) is 6.61 Å². The molecule has 0 amide bonds. The molecule has 6 rings (SSSR count). The molecule has 35 heavy (non-hydrogen) atoms. The molecular weight excluding hydrogens is 449 g/mol. The highest BCUT2D eigenvalue weighted by Gasteiger charge is 2.35. The molecule has 0 aromatic heterocycles. The number of para-hydroxylation sites is 1. The van der Waals surface area contributed by atoms with Crippen molar-refractivity contribution in [1.29, 1.82) is 0 Å². The van der Waals surface area contributed by atoms with Gasteiger partial charge in [0.1, 0.15) is 18.5 Å². The summed E-state index contributed by atoms with van der Waals surface area (Å²) in [6, 6.07) is 22.3. The third-order valence-corrected chi connectivity index (χ3v) is 6.40. The van der Waals surface area contributed by atoms with E-state index in [1.54, 1.807) is 12.3 Å². The fourth-order valence-electron chi connectivity index (χ4n) is 4.76. The highest BCUT2D eigenvalue weighted by atomic mass is 19.4. The molecular formula is C30H25F3O2. The van der Waals surface area contributed by atoms with Crippen LogP contribution in [0.3, 0.4) is 0 Å². The van der Waals surface area contributed by atoms with E-state index in [1.807, 2.05) is 30.4 Å². The molecule has 5 heteroatoms. The summed E-state index contributed by atoms with van der Waals surface area (Å²) in [4.78, 5) is 0. The van der Waals surface area contributed by atoms with E-state index >= 15 is 0 Å². The highest BCUT2D eigenvalue weighted by Crippen LogP contribution is 2.38. The number of hydrogen-bond acceptors (Lipinski definition) is 2. The molecule has 1 aliphatic heterocycles. The van der Waals surface area contributed by atoms with E-state index in [9.17, 15) is 13.2 Å². The number of hydrogen-bond donors (Lipinski definition) is 0. The quantitative estimate of drug-likeness (QED) is 0.274. The van der Waals surface area contributed by atoms with Crippen molar-refractivity contribution in [3.8, 4) is 5.75 Å². The first-order valence-electron chi connectivity index (χ1n) is 11.7. The van der Waals surface area contributed by atoms with Gasteiger partial charge in [-0.1, -0.05) is 66.7 Å². The molecule has 0 radical (unpaired) electrons. The Morgan fingerprint density at radius 3 is 2.34 bits per heavy atom. The maximum atomic E-state index is 13.3. The third-order valence-electron chi connectivity index (χ3n) is 6.40. The Balaban J connectivity index is 0.000000371. The van der Waals surface area contributed by atoms with E-state index in [0.29, 0.717) is 12.8 Å². The van der Waals surface area contributed by atoms with E-state index in [0.717, 1.165) is 24.7 Å². The minimum absolute atomic E-state index is 0.0831. The van der Waals surface area contributed by atoms with Gasteiger partial charge in [0, 0.05) is 6.42 Å². The topological polar surface area (TPSA) is 18.5 Å². The molecule has 0 bridgehead atoms. The Morgan fingerprint density at radius 1 is 0.800 bits per heavy atom. The predicted octanol–water partition coefficient (Wildman–Crippen LogP) is 8.03. The lowest BCUT2D eigenvalue weighted by molar-refractivity contribution is -0.139. The van der Waals surface area contributed by atoms with Crippen LogP contribution in [0.5, 0.6) is 5.75 Å². The lowest BCUT2D eigenvalue weighted by atomic mass is 9.85. The molecule has 4 aromatic rings. The summed E-state index contributed by atoms with van der Waals surface area (Å²) < 4.78 is 50.4. The fraction of sp³-hybridized carbons (Fsp3) is 0.200. The standard InChI is InChI=1S/C25H19F3O.C5H6O/c26-25(27,28)23-7-3-4-8-24(23)29-18-11-14-20-17(15-18)10-13-21-19-6-2-1-5-16(19)9-12-22(20)21;1-2-4-6-5-3-1/h1-10,12-13,18H,11,14-15H2;1-4H,5H2. The van der Waals surface area contributed by atoms with Crippen molar-refractivity contribution < 1.29 is 22.6 Å². The SMILES string of the molecule is C1=CCOC=C1.FC(F)(F)c1ccccc1OC1CCc2c(ccc3c2ccc2ccccc23)C1. The van der Waals surface area contributed by atoms with Gasteiger partial charge in [0.2, 0.25) is 0 Å². The number of allylic oxidation sites excluding steroid dienone is 2. The number of alkyl halides is 3. The lowest BCUT2D eigenvalue weighted by Crippen LogP contribution is -2.26. The zero-order chi connectivity index (χ0) is 24.3. The van der Waals surface area contributed by atoms with Crippen molar-refractivity contribution >= 4 is 21.5 Å². The van der Waals surface area contributed by atoms with Crippen LogP contribution in [0.1, 0.15) is 23.1 Å². The number of ether oxygens (including phenoxy) is 2. The van der Waals surface area contributed by atoms with E-state index in [4.69, 9.17) is 9.47 Å². The van der Waals surface area contributed by atoms with Gasteiger partial charge in [-0.05, 0) is 69.8 Å². The molecule has 1 heterocycles. The lowest BCUT2D eigenvalue weighted by Gasteiger charge is -2.28. The normalized spacial score (nSPS) is 16.8. The minimum atomic E-state index is -4.42.